The highest BCUT2D eigenvalue weighted by Crippen LogP contribution is 2.26. The zero-order chi connectivity index (χ0) is 13.1. The molecule has 0 saturated heterocycles. The molecule has 0 aliphatic rings. The van der Waals surface area contributed by atoms with Crippen LogP contribution < -0.4 is 5.32 Å². The average Bonchev–Trinajstić information content (AvgIpc) is 2.45. The van der Waals surface area contributed by atoms with Crippen LogP contribution >= 0.6 is 11.6 Å². The number of anilines is 1. The molecule has 0 bridgehead atoms. The monoisotopic (exact) mass is 267 g/mol. The second kappa shape index (κ2) is 5.33. The van der Waals surface area contributed by atoms with Crippen molar-refractivity contribution in [1.29, 1.82) is 0 Å². The van der Waals surface area contributed by atoms with Gasteiger partial charge in [0.1, 0.15) is 0 Å². The number of hydrogen-bond donors (Lipinski definition) is 1. The molecular formula is C17H14ClN. The molecule has 94 valence electrons. The standard InChI is InChI=1S/C17H14ClN/c18-15-9-10-16-14(11-15)7-4-8-17(16)19-12-13-5-2-1-3-6-13/h1-11,19H,12H2. The molecule has 0 atom stereocenters. The smallest absolute Gasteiger partial charge is 0.0422 e. The van der Waals surface area contributed by atoms with Crippen LogP contribution in [0.2, 0.25) is 5.02 Å². The van der Waals surface area contributed by atoms with Gasteiger partial charge in [-0.25, -0.2) is 0 Å². The van der Waals surface area contributed by atoms with Gasteiger partial charge in [-0.1, -0.05) is 60.1 Å². The summed E-state index contributed by atoms with van der Waals surface area (Å²) in [4.78, 5) is 0. The van der Waals surface area contributed by atoms with Gasteiger partial charge in [0.15, 0.2) is 0 Å². The lowest BCUT2D eigenvalue weighted by Gasteiger charge is -2.10. The maximum atomic E-state index is 6.02. The summed E-state index contributed by atoms with van der Waals surface area (Å²) < 4.78 is 0. The number of nitrogens with one attached hydrogen (secondary N) is 1. The van der Waals surface area contributed by atoms with Gasteiger partial charge in [-0.2, -0.15) is 0 Å². The van der Waals surface area contributed by atoms with Crippen LogP contribution in [0.5, 0.6) is 0 Å². The second-order valence-corrected chi connectivity index (χ2v) is 4.95. The Kier molecular flexibility index (Phi) is 3.39. The van der Waals surface area contributed by atoms with Gasteiger partial charge in [0, 0.05) is 22.6 Å². The van der Waals surface area contributed by atoms with E-state index in [4.69, 9.17) is 11.6 Å². The SMILES string of the molecule is Clc1ccc2c(NCc3ccccc3)cccc2c1. The summed E-state index contributed by atoms with van der Waals surface area (Å²) in [6, 6.07) is 22.6. The molecular weight excluding hydrogens is 254 g/mol. The van der Waals surface area contributed by atoms with Gasteiger partial charge < -0.3 is 5.32 Å². The van der Waals surface area contributed by atoms with Crippen LogP contribution in [0.4, 0.5) is 5.69 Å². The van der Waals surface area contributed by atoms with Crippen molar-refractivity contribution >= 4 is 28.1 Å². The molecule has 19 heavy (non-hydrogen) atoms. The minimum absolute atomic E-state index is 0.771. The molecule has 1 N–H and O–H groups in total. The van der Waals surface area contributed by atoms with Gasteiger partial charge in [0.05, 0.1) is 0 Å². The minimum atomic E-state index is 0.771. The van der Waals surface area contributed by atoms with Gasteiger partial charge in [-0.15, -0.1) is 0 Å². The summed E-state index contributed by atoms with van der Waals surface area (Å²) in [6.45, 7) is 0.822. The Balaban J connectivity index is 1.89. The fraction of sp³-hybridized carbons (Fsp3) is 0.0588. The second-order valence-electron chi connectivity index (χ2n) is 4.51. The van der Waals surface area contributed by atoms with Crippen molar-refractivity contribution in [3.8, 4) is 0 Å². The summed E-state index contributed by atoms with van der Waals surface area (Å²) >= 11 is 6.02. The van der Waals surface area contributed by atoms with E-state index < -0.39 is 0 Å². The van der Waals surface area contributed by atoms with Gasteiger partial charge >= 0.3 is 0 Å². The Morgan fingerprint density at radius 3 is 2.53 bits per heavy atom. The van der Waals surface area contributed by atoms with Crippen molar-refractivity contribution in [1.82, 2.24) is 0 Å². The van der Waals surface area contributed by atoms with Crippen molar-refractivity contribution in [2.75, 3.05) is 5.32 Å². The molecule has 3 rings (SSSR count). The van der Waals surface area contributed by atoms with Crippen LogP contribution in [0.3, 0.4) is 0 Å². The third-order valence-electron chi connectivity index (χ3n) is 3.17. The lowest BCUT2D eigenvalue weighted by Crippen LogP contribution is -1.99. The number of halogens is 1. The van der Waals surface area contributed by atoms with E-state index in [-0.39, 0.29) is 0 Å². The topological polar surface area (TPSA) is 12.0 Å². The zero-order valence-corrected chi connectivity index (χ0v) is 11.2. The van der Waals surface area contributed by atoms with Gasteiger partial charge in [0.25, 0.3) is 0 Å². The van der Waals surface area contributed by atoms with E-state index in [1.807, 2.05) is 24.3 Å². The van der Waals surface area contributed by atoms with Crippen LogP contribution in [0, 0.1) is 0 Å². The molecule has 0 heterocycles. The van der Waals surface area contributed by atoms with Crippen molar-refractivity contribution in [2.24, 2.45) is 0 Å². The summed E-state index contributed by atoms with van der Waals surface area (Å²) in [7, 11) is 0. The molecule has 3 aromatic rings. The minimum Gasteiger partial charge on any atom is -0.380 e. The third-order valence-corrected chi connectivity index (χ3v) is 3.40. The van der Waals surface area contributed by atoms with Gasteiger partial charge in [-0.3, -0.25) is 0 Å². The first kappa shape index (κ1) is 12.1. The van der Waals surface area contributed by atoms with E-state index in [0.717, 1.165) is 22.6 Å². The summed E-state index contributed by atoms with van der Waals surface area (Å²) in [5.41, 5.74) is 2.41. The highest BCUT2D eigenvalue weighted by molar-refractivity contribution is 6.31. The number of fused-ring (bicyclic) bond motifs is 1. The Bertz CT molecular complexity index is 692. The number of hydrogen-bond acceptors (Lipinski definition) is 1. The first-order valence-electron chi connectivity index (χ1n) is 6.29. The molecule has 0 aromatic heterocycles. The van der Waals surface area contributed by atoms with E-state index >= 15 is 0 Å². The van der Waals surface area contributed by atoms with Crippen molar-refractivity contribution in [2.45, 2.75) is 6.54 Å². The van der Waals surface area contributed by atoms with Gasteiger partial charge in [-0.05, 0) is 29.1 Å². The highest BCUT2D eigenvalue weighted by atomic mass is 35.5. The maximum absolute atomic E-state index is 6.02. The predicted molar refractivity (Wildman–Crippen MR) is 82.7 cm³/mol. The van der Waals surface area contributed by atoms with E-state index in [1.165, 1.54) is 10.9 Å². The molecule has 0 amide bonds. The van der Waals surface area contributed by atoms with Crippen LogP contribution in [0.15, 0.2) is 66.7 Å². The quantitative estimate of drug-likeness (QED) is 0.696. The summed E-state index contributed by atoms with van der Waals surface area (Å²) in [6.07, 6.45) is 0. The Labute approximate surface area is 117 Å². The van der Waals surface area contributed by atoms with Crippen LogP contribution in [-0.2, 0) is 6.54 Å². The molecule has 1 nitrogen and oxygen atoms in total. The zero-order valence-electron chi connectivity index (χ0n) is 10.4. The van der Waals surface area contributed by atoms with Crippen molar-refractivity contribution in [3.63, 3.8) is 0 Å². The largest absolute Gasteiger partial charge is 0.380 e. The summed E-state index contributed by atoms with van der Waals surface area (Å²) in [5.74, 6) is 0. The van der Waals surface area contributed by atoms with Crippen LogP contribution in [-0.4, -0.2) is 0 Å². The Morgan fingerprint density at radius 1 is 0.842 bits per heavy atom. The lowest BCUT2D eigenvalue weighted by molar-refractivity contribution is 1.15. The van der Waals surface area contributed by atoms with Crippen molar-refractivity contribution < 1.29 is 0 Å². The molecule has 0 spiro atoms. The maximum Gasteiger partial charge on any atom is 0.0422 e. The fourth-order valence-corrected chi connectivity index (χ4v) is 2.38. The predicted octanol–water partition coefficient (Wildman–Crippen LogP) is 5.11. The molecule has 3 aromatic carbocycles. The molecule has 0 fully saturated rings. The average molecular weight is 268 g/mol. The molecule has 2 heteroatoms. The molecule has 0 radical (unpaired) electrons. The molecule has 0 aliphatic heterocycles. The van der Waals surface area contributed by atoms with Crippen molar-refractivity contribution in [3.05, 3.63) is 77.3 Å². The third kappa shape index (κ3) is 2.72. The van der Waals surface area contributed by atoms with E-state index in [0.29, 0.717) is 0 Å². The first-order chi connectivity index (χ1) is 9.33. The number of rotatable bonds is 3. The molecule has 0 aliphatic carbocycles. The highest BCUT2D eigenvalue weighted by Gasteiger charge is 2.01. The van der Waals surface area contributed by atoms with E-state index in [9.17, 15) is 0 Å². The fourth-order valence-electron chi connectivity index (χ4n) is 2.20. The van der Waals surface area contributed by atoms with Crippen LogP contribution in [0.25, 0.3) is 10.8 Å². The van der Waals surface area contributed by atoms with Crippen LogP contribution in [0.1, 0.15) is 5.56 Å². The Hall–Kier alpha value is -1.99. The Morgan fingerprint density at radius 2 is 1.68 bits per heavy atom. The van der Waals surface area contributed by atoms with Gasteiger partial charge in [0.2, 0.25) is 0 Å². The lowest BCUT2D eigenvalue weighted by atomic mass is 10.1. The van der Waals surface area contributed by atoms with E-state index in [1.54, 1.807) is 0 Å². The molecule has 0 unspecified atom stereocenters. The summed E-state index contributed by atoms with van der Waals surface area (Å²) in [5, 5.41) is 6.61. The molecule has 0 saturated carbocycles. The number of benzene rings is 3. The first-order valence-corrected chi connectivity index (χ1v) is 6.67. The normalized spacial score (nSPS) is 10.6. The van der Waals surface area contributed by atoms with E-state index in [2.05, 4.69) is 47.8 Å².